The monoisotopic (exact) mass is 193 g/mol. The zero-order chi connectivity index (χ0) is 9.80. The van der Waals surface area contributed by atoms with Gasteiger partial charge in [-0.15, -0.1) is 0 Å². The SMILES string of the molecule is CNc1cccc(C2COCCN2)n1. The van der Waals surface area contributed by atoms with Crippen molar-refractivity contribution < 1.29 is 4.74 Å². The molecule has 14 heavy (non-hydrogen) atoms. The molecule has 1 fully saturated rings. The van der Waals surface area contributed by atoms with Crippen molar-refractivity contribution >= 4 is 5.82 Å². The molecule has 1 unspecified atom stereocenters. The van der Waals surface area contributed by atoms with Gasteiger partial charge in [0.1, 0.15) is 5.82 Å². The van der Waals surface area contributed by atoms with Crippen molar-refractivity contribution in [2.75, 3.05) is 32.1 Å². The molecule has 4 nitrogen and oxygen atoms in total. The number of nitrogens with one attached hydrogen (secondary N) is 2. The Bertz CT molecular complexity index is 297. The van der Waals surface area contributed by atoms with Crippen LogP contribution in [0.25, 0.3) is 0 Å². The van der Waals surface area contributed by atoms with Gasteiger partial charge in [0, 0.05) is 13.6 Å². The summed E-state index contributed by atoms with van der Waals surface area (Å²) in [4.78, 5) is 4.46. The lowest BCUT2D eigenvalue weighted by molar-refractivity contribution is 0.0756. The molecule has 0 radical (unpaired) electrons. The Hall–Kier alpha value is -1.13. The predicted molar refractivity (Wildman–Crippen MR) is 55.3 cm³/mol. The Labute approximate surface area is 83.7 Å². The molecule has 1 aromatic heterocycles. The fourth-order valence-corrected chi connectivity index (χ4v) is 1.54. The fraction of sp³-hybridized carbons (Fsp3) is 0.500. The average molecular weight is 193 g/mol. The summed E-state index contributed by atoms with van der Waals surface area (Å²) in [6, 6.07) is 6.21. The first-order valence-electron chi connectivity index (χ1n) is 4.86. The molecule has 2 rings (SSSR count). The molecule has 76 valence electrons. The second-order valence-corrected chi connectivity index (χ2v) is 3.28. The Morgan fingerprint density at radius 3 is 3.21 bits per heavy atom. The maximum atomic E-state index is 5.39. The van der Waals surface area contributed by atoms with Gasteiger partial charge in [-0.3, -0.25) is 0 Å². The predicted octanol–water partition coefficient (Wildman–Crippen LogP) is 0.784. The molecular weight excluding hydrogens is 178 g/mol. The topological polar surface area (TPSA) is 46.2 Å². The minimum Gasteiger partial charge on any atom is -0.378 e. The quantitative estimate of drug-likeness (QED) is 0.728. The summed E-state index contributed by atoms with van der Waals surface area (Å²) >= 11 is 0. The van der Waals surface area contributed by atoms with Crippen LogP contribution in [-0.4, -0.2) is 31.8 Å². The van der Waals surface area contributed by atoms with E-state index in [0.717, 1.165) is 24.7 Å². The first-order chi connectivity index (χ1) is 6.90. The third-order valence-electron chi connectivity index (χ3n) is 2.31. The summed E-state index contributed by atoms with van der Waals surface area (Å²) in [5.41, 5.74) is 1.04. The van der Waals surface area contributed by atoms with Crippen LogP contribution in [0.15, 0.2) is 18.2 Å². The van der Waals surface area contributed by atoms with E-state index in [0.29, 0.717) is 6.61 Å². The van der Waals surface area contributed by atoms with Gasteiger partial charge < -0.3 is 15.4 Å². The molecule has 0 spiro atoms. The molecule has 1 aromatic rings. The summed E-state index contributed by atoms with van der Waals surface area (Å²) in [5, 5.41) is 6.40. The molecular formula is C10H15N3O. The zero-order valence-corrected chi connectivity index (χ0v) is 8.29. The summed E-state index contributed by atoms with van der Waals surface area (Å²) in [6.07, 6.45) is 0. The zero-order valence-electron chi connectivity index (χ0n) is 8.29. The van der Waals surface area contributed by atoms with E-state index in [2.05, 4.69) is 15.6 Å². The maximum absolute atomic E-state index is 5.39. The highest BCUT2D eigenvalue weighted by Crippen LogP contribution is 2.15. The minimum absolute atomic E-state index is 0.233. The van der Waals surface area contributed by atoms with Crippen molar-refractivity contribution in [2.45, 2.75) is 6.04 Å². The van der Waals surface area contributed by atoms with Gasteiger partial charge in [0.25, 0.3) is 0 Å². The van der Waals surface area contributed by atoms with Crippen LogP contribution >= 0.6 is 0 Å². The normalized spacial score (nSPS) is 21.9. The third kappa shape index (κ3) is 2.02. The second kappa shape index (κ2) is 4.39. The summed E-state index contributed by atoms with van der Waals surface area (Å²) in [6.45, 7) is 2.40. The smallest absolute Gasteiger partial charge is 0.126 e. The summed E-state index contributed by atoms with van der Waals surface area (Å²) < 4.78 is 5.39. The number of rotatable bonds is 2. The second-order valence-electron chi connectivity index (χ2n) is 3.28. The van der Waals surface area contributed by atoms with Crippen LogP contribution in [0.3, 0.4) is 0 Å². The maximum Gasteiger partial charge on any atom is 0.126 e. The lowest BCUT2D eigenvalue weighted by Gasteiger charge is -2.23. The Morgan fingerprint density at radius 2 is 2.50 bits per heavy atom. The summed E-state index contributed by atoms with van der Waals surface area (Å²) in [5.74, 6) is 0.898. The largest absolute Gasteiger partial charge is 0.378 e. The standard InChI is InChI=1S/C10H15N3O/c1-11-10-4-2-3-8(13-10)9-7-14-6-5-12-9/h2-4,9,12H,5-7H2,1H3,(H,11,13). The molecule has 0 aromatic carbocycles. The van der Waals surface area contributed by atoms with Crippen molar-refractivity contribution in [3.05, 3.63) is 23.9 Å². The van der Waals surface area contributed by atoms with Gasteiger partial charge in [-0.05, 0) is 12.1 Å². The third-order valence-corrected chi connectivity index (χ3v) is 2.31. The van der Waals surface area contributed by atoms with Crippen molar-refractivity contribution in [1.29, 1.82) is 0 Å². The number of nitrogens with zero attached hydrogens (tertiary/aromatic N) is 1. The van der Waals surface area contributed by atoms with E-state index in [1.54, 1.807) is 0 Å². The lowest BCUT2D eigenvalue weighted by atomic mass is 10.2. The van der Waals surface area contributed by atoms with E-state index in [-0.39, 0.29) is 6.04 Å². The van der Waals surface area contributed by atoms with Crippen molar-refractivity contribution in [2.24, 2.45) is 0 Å². The summed E-state index contributed by atoms with van der Waals surface area (Å²) in [7, 11) is 1.87. The number of hydrogen-bond donors (Lipinski definition) is 2. The van der Waals surface area contributed by atoms with Crippen LogP contribution < -0.4 is 10.6 Å². The Morgan fingerprint density at radius 1 is 1.57 bits per heavy atom. The van der Waals surface area contributed by atoms with E-state index in [1.807, 2.05) is 25.2 Å². The van der Waals surface area contributed by atoms with Gasteiger partial charge in [-0.2, -0.15) is 0 Å². The van der Waals surface area contributed by atoms with Gasteiger partial charge in [0.05, 0.1) is 24.9 Å². The van der Waals surface area contributed by atoms with Crippen molar-refractivity contribution in [1.82, 2.24) is 10.3 Å². The van der Waals surface area contributed by atoms with Crippen LogP contribution in [-0.2, 0) is 4.74 Å². The van der Waals surface area contributed by atoms with E-state index >= 15 is 0 Å². The van der Waals surface area contributed by atoms with Gasteiger partial charge in [0.2, 0.25) is 0 Å². The molecule has 4 heteroatoms. The Kier molecular flexibility index (Phi) is 2.96. The van der Waals surface area contributed by atoms with E-state index in [9.17, 15) is 0 Å². The van der Waals surface area contributed by atoms with Crippen LogP contribution in [0.5, 0.6) is 0 Å². The van der Waals surface area contributed by atoms with Crippen LogP contribution in [0.4, 0.5) is 5.82 Å². The molecule has 0 aliphatic carbocycles. The minimum atomic E-state index is 0.233. The van der Waals surface area contributed by atoms with Crippen molar-refractivity contribution in [3.8, 4) is 0 Å². The molecule has 1 atom stereocenters. The number of morpholine rings is 1. The van der Waals surface area contributed by atoms with Gasteiger partial charge in [0.15, 0.2) is 0 Å². The molecule has 0 amide bonds. The van der Waals surface area contributed by atoms with E-state index < -0.39 is 0 Å². The first kappa shape index (κ1) is 9.43. The molecule has 1 aliphatic heterocycles. The average Bonchev–Trinajstić information content (AvgIpc) is 2.30. The molecule has 1 saturated heterocycles. The number of hydrogen-bond acceptors (Lipinski definition) is 4. The van der Waals surface area contributed by atoms with Crippen LogP contribution in [0, 0.1) is 0 Å². The molecule has 2 heterocycles. The van der Waals surface area contributed by atoms with E-state index in [4.69, 9.17) is 4.74 Å². The van der Waals surface area contributed by atoms with Gasteiger partial charge in [-0.1, -0.05) is 6.07 Å². The highest BCUT2D eigenvalue weighted by molar-refractivity contribution is 5.35. The highest BCUT2D eigenvalue weighted by Gasteiger charge is 2.16. The van der Waals surface area contributed by atoms with Crippen LogP contribution in [0.2, 0.25) is 0 Å². The van der Waals surface area contributed by atoms with Crippen LogP contribution in [0.1, 0.15) is 11.7 Å². The van der Waals surface area contributed by atoms with E-state index in [1.165, 1.54) is 0 Å². The van der Waals surface area contributed by atoms with Gasteiger partial charge in [-0.25, -0.2) is 4.98 Å². The number of aromatic nitrogens is 1. The molecule has 0 saturated carbocycles. The molecule has 1 aliphatic rings. The molecule has 0 bridgehead atoms. The number of anilines is 1. The first-order valence-corrected chi connectivity index (χ1v) is 4.86. The fourth-order valence-electron chi connectivity index (χ4n) is 1.54. The highest BCUT2D eigenvalue weighted by atomic mass is 16.5. The number of pyridine rings is 1. The Balaban J connectivity index is 2.13. The van der Waals surface area contributed by atoms with Crippen molar-refractivity contribution in [3.63, 3.8) is 0 Å². The lowest BCUT2D eigenvalue weighted by Crippen LogP contribution is -2.35. The number of ether oxygens (including phenoxy) is 1. The molecule has 2 N–H and O–H groups in total. The van der Waals surface area contributed by atoms with Gasteiger partial charge >= 0.3 is 0 Å².